The van der Waals surface area contributed by atoms with Crippen LogP contribution in [0.25, 0.3) is 0 Å². The quantitative estimate of drug-likeness (QED) is 0.534. The van der Waals surface area contributed by atoms with Gasteiger partial charge in [0, 0.05) is 13.6 Å². The van der Waals surface area contributed by atoms with Gasteiger partial charge in [-0.1, -0.05) is 49.4 Å². The third-order valence-electron chi connectivity index (χ3n) is 2.45. The lowest BCUT2D eigenvalue weighted by molar-refractivity contribution is 0.284. The molecular formula is C10H18Cl2N2. The molecule has 0 aromatic rings. The lowest BCUT2D eigenvalue weighted by Gasteiger charge is -2.19. The zero-order chi connectivity index (χ0) is 10.6. The Morgan fingerprint density at radius 3 is 2.36 bits per heavy atom. The van der Waals surface area contributed by atoms with Crippen molar-refractivity contribution in [1.82, 2.24) is 9.80 Å². The Labute approximate surface area is 96.5 Å². The van der Waals surface area contributed by atoms with Crippen LogP contribution in [0.5, 0.6) is 0 Å². The molecule has 1 rings (SSSR count). The van der Waals surface area contributed by atoms with Gasteiger partial charge in [0.1, 0.15) is 10.3 Å². The Bertz CT molecular complexity index is 216. The number of rotatable bonds is 5. The summed E-state index contributed by atoms with van der Waals surface area (Å²) >= 11 is 12.0. The van der Waals surface area contributed by atoms with Gasteiger partial charge in [-0.3, -0.25) is 0 Å². The SMILES string of the molecule is CCCCCCN1CN(C)C(Cl)=C1Cl. The van der Waals surface area contributed by atoms with Crippen molar-refractivity contribution in [3.63, 3.8) is 0 Å². The van der Waals surface area contributed by atoms with Gasteiger partial charge >= 0.3 is 0 Å². The first-order valence-corrected chi connectivity index (χ1v) is 5.93. The summed E-state index contributed by atoms with van der Waals surface area (Å²) in [7, 11) is 1.96. The Morgan fingerprint density at radius 2 is 1.86 bits per heavy atom. The molecule has 1 aliphatic rings. The second-order valence-electron chi connectivity index (χ2n) is 3.75. The second kappa shape index (κ2) is 5.72. The van der Waals surface area contributed by atoms with Crippen molar-refractivity contribution in [2.75, 3.05) is 20.3 Å². The molecular weight excluding hydrogens is 219 g/mol. The summed E-state index contributed by atoms with van der Waals surface area (Å²) in [5, 5.41) is 1.37. The van der Waals surface area contributed by atoms with Crippen LogP contribution in [-0.2, 0) is 0 Å². The molecule has 0 aliphatic carbocycles. The molecule has 14 heavy (non-hydrogen) atoms. The largest absolute Gasteiger partial charge is 0.345 e. The van der Waals surface area contributed by atoms with Crippen LogP contribution in [0.2, 0.25) is 0 Å². The first-order chi connectivity index (χ1) is 6.66. The van der Waals surface area contributed by atoms with E-state index in [-0.39, 0.29) is 0 Å². The van der Waals surface area contributed by atoms with Crippen molar-refractivity contribution in [2.24, 2.45) is 0 Å². The molecule has 0 radical (unpaired) electrons. The summed E-state index contributed by atoms with van der Waals surface area (Å²) in [5.74, 6) is 0. The van der Waals surface area contributed by atoms with Crippen molar-refractivity contribution in [3.8, 4) is 0 Å². The van der Waals surface area contributed by atoms with E-state index >= 15 is 0 Å². The van der Waals surface area contributed by atoms with Crippen LogP contribution >= 0.6 is 23.2 Å². The van der Waals surface area contributed by atoms with E-state index in [0.29, 0.717) is 10.3 Å². The minimum Gasteiger partial charge on any atom is -0.345 e. The van der Waals surface area contributed by atoms with Crippen LogP contribution in [0.3, 0.4) is 0 Å². The van der Waals surface area contributed by atoms with Gasteiger partial charge in [0.25, 0.3) is 0 Å². The summed E-state index contributed by atoms with van der Waals surface area (Å²) in [4.78, 5) is 4.09. The average Bonchev–Trinajstić information content (AvgIpc) is 2.41. The van der Waals surface area contributed by atoms with E-state index in [1.807, 2.05) is 11.9 Å². The summed E-state index contributed by atoms with van der Waals surface area (Å²) in [5.41, 5.74) is 0. The zero-order valence-electron chi connectivity index (χ0n) is 8.89. The topological polar surface area (TPSA) is 6.48 Å². The number of hydrogen-bond donors (Lipinski definition) is 0. The van der Waals surface area contributed by atoms with E-state index in [1.54, 1.807) is 0 Å². The highest BCUT2D eigenvalue weighted by Gasteiger charge is 2.22. The van der Waals surface area contributed by atoms with Gasteiger partial charge in [0.15, 0.2) is 0 Å². The molecule has 0 aromatic heterocycles. The fourth-order valence-electron chi connectivity index (χ4n) is 1.57. The van der Waals surface area contributed by atoms with Crippen molar-refractivity contribution < 1.29 is 0 Å². The normalized spacial score (nSPS) is 17.1. The molecule has 1 aliphatic heterocycles. The van der Waals surface area contributed by atoms with Crippen molar-refractivity contribution in [3.05, 3.63) is 10.3 Å². The molecule has 0 saturated carbocycles. The highest BCUT2D eigenvalue weighted by Crippen LogP contribution is 2.28. The standard InChI is InChI=1S/C10H18Cl2N2/c1-3-4-5-6-7-14-8-13(2)9(11)10(14)12/h3-8H2,1-2H3. The maximum absolute atomic E-state index is 6.07. The molecule has 0 saturated heterocycles. The van der Waals surface area contributed by atoms with E-state index in [2.05, 4.69) is 11.8 Å². The van der Waals surface area contributed by atoms with E-state index in [0.717, 1.165) is 13.2 Å². The average molecular weight is 237 g/mol. The van der Waals surface area contributed by atoms with Gasteiger partial charge in [-0.25, -0.2) is 0 Å². The Morgan fingerprint density at radius 1 is 1.14 bits per heavy atom. The number of halogens is 2. The van der Waals surface area contributed by atoms with Gasteiger partial charge in [-0.05, 0) is 6.42 Å². The molecule has 4 heteroatoms. The van der Waals surface area contributed by atoms with Crippen LogP contribution in [0, 0.1) is 0 Å². The molecule has 0 aromatic carbocycles. The smallest absolute Gasteiger partial charge is 0.141 e. The molecule has 0 amide bonds. The van der Waals surface area contributed by atoms with Gasteiger partial charge in [-0.2, -0.15) is 0 Å². The molecule has 0 fully saturated rings. The highest BCUT2D eigenvalue weighted by molar-refractivity contribution is 6.38. The van der Waals surface area contributed by atoms with Crippen LogP contribution < -0.4 is 0 Å². The maximum Gasteiger partial charge on any atom is 0.141 e. The predicted molar refractivity (Wildman–Crippen MR) is 62.2 cm³/mol. The highest BCUT2D eigenvalue weighted by atomic mass is 35.5. The van der Waals surface area contributed by atoms with Crippen LogP contribution in [0.15, 0.2) is 10.3 Å². The molecule has 1 heterocycles. The van der Waals surface area contributed by atoms with Gasteiger partial charge in [-0.15, -0.1) is 0 Å². The summed E-state index contributed by atoms with van der Waals surface area (Å²) in [6.45, 7) is 4.05. The van der Waals surface area contributed by atoms with Crippen LogP contribution in [0.1, 0.15) is 32.6 Å². The molecule has 0 spiro atoms. The number of hydrogen-bond acceptors (Lipinski definition) is 2. The molecule has 0 atom stereocenters. The molecule has 0 unspecified atom stereocenters. The third-order valence-corrected chi connectivity index (χ3v) is 3.43. The predicted octanol–water partition coefficient (Wildman–Crippen LogP) is 3.38. The van der Waals surface area contributed by atoms with E-state index < -0.39 is 0 Å². The molecule has 0 N–H and O–H groups in total. The number of nitrogens with zero attached hydrogens (tertiary/aromatic N) is 2. The van der Waals surface area contributed by atoms with Gasteiger partial charge in [0.05, 0.1) is 6.67 Å². The Hall–Kier alpha value is -0.0800. The van der Waals surface area contributed by atoms with Crippen LogP contribution in [0.4, 0.5) is 0 Å². The molecule has 0 bridgehead atoms. The van der Waals surface area contributed by atoms with Gasteiger partial charge < -0.3 is 9.80 Å². The first-order valence-electron chi connectivity index (χ1n) is 5.18. The Balaban J connectivity index is 2.27. The third kappa shape index (κ3) is 2.96. The van der Waals surface area contributed by atoms with E-state index in [4.69, 9.17) is 23.2 Å². The second-order valence-corrected chi connectivity index (χ2v) is 4.46. The van der Waals surface area contributed by atoms with Crippen LogP contribution in [-0.4, -0.2) is 30.1 Å². The first kappa shape index (κ1) is 12.0. The van der Waals surface area contributed by atoms with E-state index in [1.165, 1.54) is 25.7 Å². The fourth-order valence-corrected chi connectivity index (χ4v) is 2.02. The molecule has 2 nitrogen and oxygen atoms in total. The minimum atomic E-state index is 0.669. The molecule has 82 valence electrons. The monoisotopic (exact) mass is 236 g/mol. The maximum atomic E-state index is 6.07. The lowest BCUT2D eigenvalue weighted by Crippen LogP contribution is -2.25. The fraction of sp³-hybridized carbons (Fsp3) is 0.800. The lowest BCUT2D eigenvalue weighted by atomic mass is 10.2. The number of unbranched alkanes of at least 4 members (excludes halogenated alkanes) is 3. The summed E-state index contributed by atoms with van der Waals surface area (Å²) in [6.07, 6.45) is 5.05. The van der Waals surface area contributed by atoms with Crippen molar-refractivity contribution in [2.45, 2.75) is 32.6 Å². The van der Waals surface area contributed by atoms with Crippen molar-refractivity contribution >= 4 is 23.2 Å². The van der Waals surface area contributed by atoms with E-state index in [9.17, 15) is 0 Å². The minimum absolute atomic E-state index is 0.669. The summed E-state index contributed by atoms with van der Waals surface area (Å²) in [6, 6.07) is 0. The summed E-state index contributed by atoms with van der Waals surface area (Å²) < 4.78 is 0. The Kier molecular flexibility index (Phi) is 4.90. The van der Waals surface area contributed by atoms with Gasteiger partial charge in [0.2, 0.25) is 0 Å². The zero-order valence-corrected chi connectivity index (χ0v) is 10.4. The van der Waals surface area contributed by atoms with Crippen molar-refractivity contribution in [1.29, 1.82) is 0 Å².